The number of likely N-dealkylation sites (tertiary alicyclic amines) is 1. The van der Waals surface area contributed by atoms with Gasteiger partial charge >= 0.3 is 0 Å². The highest BCUT2D eigenvalue weighted by atomic mass is 32.2. The molecule has 2 unspecified atom stereocenters. The molecule has 0 aromatic heterocycles. The standard InChI is InChI=1S/C9H13N3OS/c1-14-9(11-6-10)12-4-7-2-3-8(5-12)13-7/h7-8H,2-5H2,1H3. The molecule has 2 fully saturated rings. The van der Waals surface area contributed by atoms with E-state index in [-0.39, 0.29) is 0 Å². The van der Waals surface area contributed by atoms with E-state index in [1.165, 1.54) is 11.8 Å². The molecule has 0 N–H and O–H groups in total. The van der Waals surface area contributed by atoms with Crippen LogP contribution in [0.1, 0.15) is 12.8 Å². The first-order valence-corrected chi connectivity index (χ1v) is 5.97. The Morgan fingerprint density at radius 2 is 2.14 bits per heavy atom. The zero-order valence-electron chi connectivity index (χ0n) is 8.14. The lowest BCUT2D eigenvalue weighted by Crippen LogP contribution is -2.44. The van der Waals surface area contributed by atoms with Gasteiger partial charge in [0.25, 0.3) is 0 Å². The number of hydrogen-bond donors (Lipinski definition) is 0. The number of nitrogens with zero attached hydrogens (tertiary/aromatic N) is 3. The minimum atomic E-state index is 0.352. The fourth-order valence-electron chi connectivity index (χ4n) is 2.06. The van der Waals surface area contributed by atoms with Gasteiger partial charge in [0.1, 0.15) is 0 Å². The molecule has 2 atom stereocenters. The van der Waals surface area contributed by atoms with Gasteiger partial charge < -0.3 is 9.64 Å². The Bertz CT molecular complexity index is 274. The average Bonchev–Trinajstić information content (AvgIpc) is 2.54. The maximum absolute atomic E-state index is 8.54. The van der Waals surface area contributed by atoms with E-state index in [1.807, 2.05) is 12.4 Å². The van der Waals surface area contributed by atoms with Crippen LogP contribution < -0.4 is 0 Å². The first kappa shape index (κ1) is 9.81. The number of ether oxygens (including phenoxy) is 1. The summed E-state index contributed by atoms with van der Waals surface area (Å²) in [5.41, 5.74) is 0. The van der Waals surface area contributed by atoms with E-state index in [0.717, 1.165) is 31.1 Å². The van der Waals surface area contributed by atoms with Gasteiger partial charge in [-0.05, 0) is 19.1 Å². The quantitative estimate of drug-likeness (QED) is 0.341. The topological polar surface area (TPSA) is 48.6 Å². The van der Waals surface area contributed by atoms with Gasteiger partial charge in [-0.3, -0.25) is 0 Å². The van der Waals surface area contributed by atoms with Gasteiger partial charge in [-0.2, -0.15) is 5.26 Å². The predicted molar refractivity (Wildman–Crippen MR) is 56.0 cm³/mol. The molecule has 2 aliphatic rings. The lowest BCUT2D eigenvalue weighted by Gasteiger charge is -2.33. The van der Waals surface area contributed by atoms with Crippen molar-refractivity contribution < 1.29 is 4.74 Å². The van der Waals surface area contributed by atoms with E-state index in [0.29, 0.717) is 12.2 Å². The Labute approximate surface area is 87.9 Å². The zero-order chi connectivity index (χ0) is 9.97. The summed E-state index contributed by atoms with van der Waals surface area (Å²) in [6.07, 6.45) is 6.80. The first-order valence-electron chi connectivity index (χ1n) is 4.74. The summed E-state index contributed by atoms with van der Waals surface area (Å²) in [5.74, 6) is 0. The fraction of sp³-hybridized carbons (Fsp3) is 0.778. The third-order valence-electron chi connectivity index (χ3n) is 2.64. The zero-order valence-corrected chi connectivity index (χ0v) is 8.96. The number of amidine groups is 1. The molecule has 0 saturated carbocycles. The molecular formula is C9H13N3OS. The van der Waals surface area contributed by atoms with Gasteiger partial charge in [0.2, 0.25) is 6.19 Å². The smallest absolute Gasteiger partial charge is 0.208 e. The van der Waals surface area contributed by atoms with Crippen molar-refractivity contribution in [1.82, 2.24) is 4.90 Å². The van der Waals surface area contributed by atoms with Crippen molar-refractivity contribution in [2.75, 3.05) is 19.3 Å². The van der Waals surface area contributed by atoms with Crippen molar-refractivity contribution in [2.45, 2.75) is 25.0 Å². The molecular weight excluding hydrogens is 198 g/mol. The Hall–Kier alpha value is -0.730. The molecule has 14 heavy (non-hydrogen) atoms. The number of rotatable bonds is 0. The SMILES string of the molecule is CSC(=NC#N)N1CC2CCC(C1)O2. The normalized spacial score (nSPS) is 31.7. The van der Waals surface area contributed by atoms with Crippen LogP contribution in [-0.2, 0) is 4.74 Å². The molecule has 2 rings (SSSR count). The molecule has 0 aromatic rings. The summed E-state index contributed by atoms with van der Waals surface area (Å²) >= 11 is 1.53. The number of fused-ring (bicyclic) bond motifs is 2. The van der Waals surface area contributed by atoms with E-state index >= 15 is 0 Å². The molecule has 5 heteroatoms. The maximum atomic E-state index is 8.54. The van der Waals surface area contributed by atoms with E-state index in [2.05, 4.69) is 9.89 Å². The van der Waals surface area contributed by atoms with Crippen LogP contribution in [0.3, 0.4) is 0 Å². The van der Waals surface area contributed by atoms with E-state index < -0.39 is 0 Å². The fourth-order valence-corrected chi connectivity index (χ4v) is 2.60. The molecule has 4 nitrogen and oxygen atoms in total. The molecule has 2 heterocycles. The molecule has 2 bridgehead atoms. The van der Waals surface area contributed by atoms with E-state index in [4.69, 9.17) is 10.00 Å². The van der Waals surface area contributed by atoms with E-state index in [1.54, 1.807) is 0 Å². The molecule has 2 saturated heterocycles. The highest BCUT2D eigenvalue weighted by Gasteiger charge is 2.34. The highest BCUT2D eigenvalue weighted by molar-refractivity contribution is 8.13. The van der Waals surface area contributed by atoms with Gasteiger partial charge in [-0.25, -0.2) is 0 Å². The second kappa shape index (κ2) is 4.20. The van der Waals surface area contributed by atoms with Gasteiger partial charge in [0.05, 0.1) is 12.2 Å². The van der Waals surface area contributed by atoms with Crippen molar-refractivity contribution in [3.63, 3.8) is 0 Å². The van der Waals surface area contributed by atoms with Crippen LogP contribution >= 0.6 is 11.8 Å². The molecule has 0 aromatic carbocycles. The van der Waals surface area contributed by atoms with Crippen molar-refractivity contribution in [3.8, 4) is 6.19 Å². The number of morpholine rings is 1. The number of thioether (sulfide) groups is 1. The van der Waals surface area contributed by atoms with Gasteiger partial charge in [-0.1, -0.05) is 11.8 Å². The Kier molecular flexibility index (Phi) is 2.94. The minimum Gasteiger partial charge on any atom is -0.371 e. The van der Waals surface area contributed by atoms with Gasteiger partial charge in [0, 0.05) is 13.1 Å². The van der Waals surface area contributed by atoms with Crippen LogP contribution in [-0.4, -0.2) is 41.6 Å². The van der Waals surface area contributed by atoms with Gasteiger partial charge in [0.15, 0.2) is 5.17 Å². The summed E-state index contributed by atoms with van der Waals surface area (Å²) in [6, 6.07) is 0. The first-order chi connectivity index (χ1) is 6.83. The molecule has 76 valence electrons. The van der Waals surface area contributed by atoms with Crippen LogP contribution in [0.4, 0.5) is 0 Å². The lowest BCUT2D eigenvalue weighted by atomic mass is 10.2. The van der Waals surface area contributed by atoms with Crippen molar-refractivity contribution in [2.24, 2.45) is 4.99 Å². The number of nitriles is 1. The van der Waals surface area contributed by atoms with Crippen LogP contribution in [0, 0.1) is 11.5 Å². The lowest BCUT2D eigenvalue weighted by molar-refractivity contribution is -0.0147. The highest BCUT2D eigenvalue weighted by Crippen LogP contribution is 2.27. The summed E-state index contributed by atoms with van der Waals surface area (Å²) in [6.45, 7) is 1.77. The maximum Gasteiger partial charge on any atom is 0.208 e. The molecule has 0 aliphatic carbocycles. The van der Waals surface area contributed by atoms with Crippen LogP contribution in [0.5, 0.6) is 0 Å². The van der Waals surface area contributed by atoms with E-state index in [9.17, 15) is 0 Å². The van der Waals surface area contributed by atoms with Crippen LogP contribution in [0.25, 0.3) is 0 Å². The minimum absolute atomic E-state index is 0.352. The van der Waals surface area contributed by atoms with Gasteiger partial charge in [-0.15, -0.1) is 4.99 Å². The van der Waals surface area contributed by atoms with Crippen molar-refractivity contribution in [3.05, 3.63) is 0 Å². The van der Waals surface area contributed by atoms with Crippen LogP contribution in [0.2, 0.25) is 0 Å². The van der Waals surface area contributed by atoms with Crippen LogP contribution in [0.15, 0.2) is 4.99 Å². The Morgan fingerprint density at radius 1 is 1.50 bits per heavy atom. The summed E-state index contributed by atoms with van der Waals surface area (Å²) < 4.78 is 5.71. The molecule has 0 spiro atoms. The Balaban J connectivity index is 2.05. The Morgan fingerprint density at radius 3 is 2.64 bits per heavy atom. The monoisotopic (exact) mass is 211 g/mol. The second-order valence-electron chi connectivity index (χ2n) is 3.56. The third-order valence-corrected chi connectivity index (χ3v) is 3.36. The summed E-state index contributed by atoms with van der Waals surface area (Å²) in [7, 11) is 0. The second-order valence-corrected chi connectivity index (χ2v) is 4.33. The van der Waals surface area contributed by atoms with Crippen molar-refractivity contribution in [1.29, 1.82) is 5.26 Å². The average molecular weight is 211 g/mol. The largest absolute Gasteiger partial charge is 0.371 e. The summed E-state index contributed by atoms with van der Waals surface area (Å²) in [5, 5.41) is 9.36. The molecule has 0 radical (unpaired) electrons. The predicted octanol–water partition coefficient (Wildman–Crippen LogP) is 1.05. The number of hydrogen-bond acceptors (Lipinski definition) is 4. The molecule has 0 amide bonds. The molecule has 2 aliphatic heterocycles. The number of aliphatic imine (C=N–C) groups is 1. The van der Waals surface area contributed by atoms with Crippen molar-refractivity contribution >= 4 is 16.9 Å². The third kappa shape index (κ3) is 1.86. The summed E-state index contributed by atoms with van der Waals surface area (Å²) in [4.78, 5) is 5.98.